The van der Waals surface area contributed by atoms with Gasteiger partial charge in [-0.05, 0) is 31.5 Å². The molecule has 0 fully saturated rings. The SMILES string of the molecule is CCOC(=O)c1cnc(-c2c(N)c(C(=O)O)cc(C)c2Cl)c(Cl)c1. The van der Waals surface area contributed by atoms with Gasteiger partial charge in [0.2, 0.25) is 0 Å². The number of halogens is 2. The monoisotopic (exact) mass is 368 g/mol. The molecule has 0 aliphatic heterocycles. The molecule has 1 aromatic heterocycles. The van der Waals surface area contributed by atoms with Gasteiger partial charge in [-0.25, -0.2) is 9.59 Å². The molecule has 126 valence electrons. The summed E-state index contributed by atoms with van der Waals surface area (Å²) in [5, 5.41) is 9.61. The van der Waals surface area contributed by atoms with E-state index in [2.05, 4.69) is 4.98 Å². The third-order valence-corrected chi connectivity index (χ3v) is 4.08. The normalized spacial score (nSPS) is 10.5. The Balaban J connectivity index is 2.65. The summed E-state index contributed by atoms with van der Waals surface area (Å²) in [7, 11) is 0. The summed E-state index contributed by atoms with van der Waals surface area (Å²) in [4.78, 5) is 27.2. The van der Waals surface area contributed by atoms with E-state index in [-0.39, 0.29) is 44.7 Å². The summed E-state index contributed by atoms with van der Waals surface area (Å²) in [5.74, 6) is -1.75. The first kappa shape index (κ1) is 18.0. The van der Waals surface area contributed by atoms with Gasteiger partial charge in [-0.3, -0.25) is 4.98 Å². The second-order valence-electron chi connectivity index (χ2n) is 4.92. The van der Waals surface area contributed by atoms with Crippen molar-refractivity contribution in [1.82, 2.24) is 4.98 Å². The van der Waals surface area contributed by atoms with Gasteiger partial charge in [0.15, 0.2) is 0 Å². The lowest BCUT2D eigenvalue weighted by Crippen LogP contribution is -2.08. The first-order chi connectivity index (χ1) is 11.3. The van der Waals surface area contributed by atoms with Crippen molar-refractivity contribution in [3.05, 3.63) is 45.1 Å². The molecule has 8 heteroatoms. The molecule has 1 heterocycles. The summed E-state index contributed by atoms with van der Waals surface area (Å²) in [5.41, 5.74) is 6.90. The molecule has 0 saturated carbocycles. The van der Waals surface area contributed by atoms with Gasteiger partial charge in [0, 0.05) is 11.8 Å². The number of carboxylic acids is 1. The highest BCUT2D eigenvalue weighted by Gasteiger charge is 2.22. The molecule has 0 aliphatic rings. The number of aryl methyl sites for hydroxylation is 1. The molecule has 0 bridgehead atoms. The van der Waals surface area contributed by atoms with Crippen LogP contribution < -0.4 is 5.73 Å². The number of ether oxygens (including phenoxy) is 1. The summed E-state index contributed by atoms with van der Waals surface area (Å²) in [6, 6.07) is 2.75. The van der Waals surface area contributed by atoms with Crippen molar-refractivity contribution in [3.8, 4) is 11.3 Å². The molecule has 24 heavy (non-hydrogen) atoms. The highest BCUT2D eigenvalue weighted by atomic mass is 35.5. The van der Waals surface area contributed by atoms with E-state index in [0.29, 0.717) is 5.56 Å². The number of hydrogen-bond donors (Lipinski definition) is 2. The van der Waals surface area contributed by atoms with E-state index < -0.39 is 11.9 Å². The summed E-state index contributed by atoms with van der Waals surface area (Å²) < 4.78 is 4.88. The summed E-state index contributed by atoms with van der Waals surface area (Å²) in [6.45, 7) is 3.55. The summed E-state index contributed by atoms with van der Waals surface area (Å²) in [6.07, 6.45) is 1.28. The van der Waals surface area contributed by atoms with Gasteiger partial charge in [0.1, 0.15) is 0 Å². The van der Waals surface area contributed by atoms with Gasteiger partial charge in [-0.15, -0.1) is 0 Å². The van der Waals surface area contributed by atoms with Crippen LogP contribution in [-0.2, 0) is 4.74 Å². The number of pyridine rings is 1. The number of nitrogens with two attached hydrogens (primary N) is 1. The zero-order chi connectivity index (χ0) is 18.0. The van der Waals surface area contributed by atoms with Gasteiger partial charge < -0.3 is 15.6 Å². The Morgan fingerprint density at radius 3 is 2.54 bits per heavy atom. The van der Waals surface area contributed by atoms with E-state index in [9.17, 15) is 14.7 Å². The Kier molecular flexibility index (Phi) is 5.31. The summed E-state index contributed by atoms with van der Waals surface area (Å²) >= 11 is 12.5. The van der Waals surface area contributed by atoms with Gasteiger partial charge >= 0.3 is 11.9 Å². The quantitative estimate of drug-likeness (QED) is 0.627. The first-order valence-corrected chi connectivity index (χ1v) is 7.68. The molecule has 0 atom stereocenters. The number of aromatic nitrogens is 1. The largest absolute Gasteiger partial charge is 0.478 e. The van der Waals surface area contributed by atoms with Crippen molar-refractivity contribution in [2.75, 3.05) is 12.3 Å². The topological polar surface area (TPSA) is 103 Å². The average Bonchev–Trinajstić information content (AvgIpc) is 2.52. The zero-order valence-electron chi connectivity index (χ0n) is 12.9. The number of esters is 1. The third kappa shape index (κ3) is 3.29. The van der Waals surface area contributed by atoms with E-state index in [1.807, 2.05) is 0 Å². The maximum absolute atomic E-state index is 11.7. The van der Waals surface area contributed by atoms with Crippen LogP contribution >= 0.6 is 23.2 Å². The van der Waals surface area contributed by atoms with E-state index >= 15 is 0 Å². The third-order valence-electron chi connectivity index (χ3n) is 3.31. The van der Waals surface area contributed by atoms with E-state index in [1.165, 1.54) is 18.3 Å². The Bertz CT molecular complexity index is 837. The smallest absolute Gasteiger partial charge is 0.339 e. The number of carbonyl (C=O) groups excluding carboxylic acids is 1. The van der Waals surface area contributed by atoms with Crippen LogP contribution in [0.1, 0.15) is 33.2 Å². The van der Waals surface area contributed by atoms with Crippen LogP contribution in [0.2, 0.25) is 10.0 Å². The number of rotatable bonds is 4. The van der Waals surface area contributed by atoms with Gasteiger partial charge in [-0.2, -0.15) is 0 Å². The molecule has 0 radical (unpaired) electrons. The molecule has 1 aromatic carbocycles. The number of aromatic carboxylic acids is 1. The predicted octanol–water partition coefficient (Wildman–Crippen LogP) is 3.82. The van der Waals surface area contributed by atoms with Crippen LogP contribution in [0.4, 0.5) is 5.69 Å². The van der Waals surface area contributed by atoms with Crippen LogP contribution in [0, 0.1) is 6.92 Å². The minimum absolute atomic E-state index is 0.0450. The van der Waals surface area contributed by atoms with Gasteiger partial charge in [0.05, 0.1) is 39.2 Å². The molecule has 0 saturated heterocycles. The molecule has 2 rings (SSSR count). The van der Waals surface area contributed by atoms with E-state index in [0.717, 1.165) is 0 Å². The molecule has 6 nitrogen and oxygen atoms in total. The second-order valence-corrected chi connectivity index (χ2v) is 5.71. The minimum Gasteiger partial charge on any atom is -0.478 e. The zero-order valence-corrected chi connectivity index (χ0v) is 14.4. The van der Waals surface area contributed by atoms with Crippen LogP contribution in [0.3, 0.4) is 0 Å². The van der Waals surface area contributed by atoms with Gasteiger partial charge in [0.25, 0.3) is 0 Å². The van der Waals surface area contributed by atoms with Crippen LogP contribution in [0.15, 0.2) is 18.3 Å². The first-order valence-electron chi connectivity index (χ1n) is 6.92. The van der Waals surface area contributed by atoms with Crippen LogP contribution in [-0.4, -0.2) is 28.6 Å². The average molecular weight is 369 g/mol. The molecule has 3 N–H and O–H groups in total. The Labute approximate surface area is 148 Å². The Morgan fingerprint density at radius 2 is 2.00 bits per heavy atom. The molecular formula is C16H14Cl2N2O4. The number of benzene rings is 1. The number of nitrogen functional groups attached to an aromatic ring is 1. The Morgan fingerprint density at radius 1 is 1.33 bits per heavy atom. The van der Waals surface area contributed by atoms with Crippen molar-refractivity contribution in [2.24, 2.45) is 0 Å². The number of anilines is 1. The second kappa shape index (κ2) is 7.07. The van der Waals surface area contributed by atoms with E-state index in [4.69, 9.17) is 33.7 Å². The van der Waals surface area contributed by atoms with Gasteiger partial charge in [-0.1, -0.05) is 23.2 Å². The van der Waals surface area contributed by atoms with E-state index in [1.54, 1.807) is 13.8 Å². The number of nitrogens with zero attached hydrogens (tertiary/aromatic N) is 1. The Hall–Kier alpha value is -2.31. The highest BCUT2D eigenvalue weighted by Crippen LogP contribution is 2.40. The fourth-order valence-electron chi connectivity index (χ4n) is 2.16. The van der Waals surface area contributed by atoms with Crippen LogP contribution in [0.5, 0.6) is 0 Å². The molecular weight excluding hydrogens is 355 g/mol. The van der Waals surface area contributed by atoms with Crippen molar-refractivity contribution in [2.45, 2.75) is 13.8 Å². The number of hydrogen-bond acceptors (Lipinski definition) is 5. The molecule has 0 unspecified atom stereocenters. The van der Waals surface area contributed by atoms with Crippen LogP contribution in [0.25, 0.3) is 11.3 Å². The minimum atomic E-state index is -1.19. The number of carboxylic acid groups (broad SMARTS) is 1. The van der Waals surface area contributed by atoms with Crippen molar-refractivity contribution >= 4 is 40.8 Å². The number of carbonyl (C=O) groups is 2. The maximum atomic E-state index is 11.7. The molecule has 0 amide bonds. The highest BCUT2D eigenvalue weighted by molar-refractivity contribution is 6.37. The molecule has 0 spiro atoms. The van der Waals surface area contributed by atoms with Crippen molar-refractivity contribution in [3.63, 3.8) is 0 Å². The standard InChI is InChI=1S/C16H14Cl2N2O4/c1-3-24-16(23)8-5-10(17)14(20-6-8)11-12(18)7(2)4-9(13(11)19)15(21)22/h4-6H,3,19H2,1-2H3,(H,21,22). The van der Waals surface area contributed by atoms with Crippen molar-refractivity contribution < 1.29 is 19.4 Å². The fourth-order valence-corrected chi connectivity index (χ4v) is 2.67. The fraction of sp³-hybridized carbons (Fsp3) is 0.188. The molecule has 0 aliphatic carbocycles. The lowest BCUT2D eigenvalue weighted by Gasteiger charge is -2.14. The molecule has 2 aromatic rings. The lowest BCUT2D eigenvalue weighted by molar-refractivity contribution is 0.0525. The predicted molar refractivity (Wildman–Crippen MR) is 91.8 cm³/mol. The van der Waals surface area contributed by atoms with Crippen molar-refractivity contribution in [1.29, 1.82) is 0 Å². The lowest BCUT2D eigenvalue weighted by atomic mass is 10.00. The maximum Gasteiger partial charge on any atom is 0.339 e.